The van der Waals surface area contributed by atoms with Crippen molar-refractivity contribution in [2.45, 2.75) is 26.6 Å². The maximum absolute atomic E-state index is 10.1. The van der Waals surface area contributed by atoms with Crippen molar-refractivity contribution in [3.05, 3.63) is 0 Å². The maximum Gasteiger partial charge on any atom is 0.305 e. The van der Waals surface area contributed by atoms with Crippen molar-refractivity contribution < 1.29 is 14.6 Å². The fraction of sp³-hybridized carbons (Fsp3) is 0.800. The Balaban J connectivity index is 0. The molecule has 0 aliphatic rings. The Morgan fingerprint density at radius 2 is 1.89 bits per heavy atom. The third-order valence-corrected chi connectivity index (χ3v) is 0.393. The zero-order chi connectivity index (χ0) is 6.78. The van der Waals surface area contributed by atoms with Gasteiger partial charge in [-0.2, -0.15) is 0 Å². The van der Waals surface area contributed by atoms with E-state index in [2.05, 4.69) is 4.74 Å². The van der Waals surface area contributed by atoms with Gasteiger partial charge in [-0.1, -0.05) is 0 Å². The minimum Gasteiger partial charge on any atom is -0.434 e. The second-order valence-corrected chi connectivity index (χ2v) is 2.04. The van der Waals surface area contributed by atoms with E-state index in [0.29, 0.717) is 0 Å². The van der Waals surface area contributed by atoms with Gasteiger partial charge in [-0.25, -0.2) is 0 Å². The van der Waals surface area contributed by atoms with Crippen LogP contribution in [0.2, 0.25) is 0 Å². The Kier molecular flexibility index (Phi) is 3.09. The van der Waals surface area contributed by atoms with Gasteiger partial charge in [0.25, 0.3) is 0 Å². The molecule has 4 heteroatoms. The van der Waals surface area contributed by atoms with Gasteiger partial charge in [-0.05, 0) is 0 Å². The molecule has 0 aliphatic carbocycles. The molecule has 0 rings (SSSR count). The minimum atomic E-state index is -1.33. The Morgan fingerprint density at radius 1 is 1.56 bits per heavy atom. The summed E-state index contributed by atoms with van der Waals surface area (Å²) in [6, 6.07) is 0. The largest absolute Gasteiger partial charge is 0.434 e. The molecule has 0 unspecified atom stereocenters. The first-order valence-electron chi connectivity index (χ1n) is 2.34. The molecule has 0 radical (unpaired) electrons. The molecule has 9 heavy (non-hydrogen) atoms. The van der Waals surface area contributed by atoms with Gasteiger partial charge in [0, 0.05) is 20.8 Å². The van der Waals surface area contributed by atoms with Crippen LogP contribution in [0.4, 0.5) is 0 Å². The Morgan fingerprint density at radius 3 is 1.89 bits per heavy atom. The second-order valence-electron chi connectivity index (χ2n) is 2.04. The van der Waals surface area contributed by atoms with Crippen molar-refractivity contribution in [1.29, 1.82) is 0 Å². The molecule has 0 aliphatic heterocycles. The first-order valence-corrected chi connectivity index (χ1v) is 2.34. The fourth-order valence-corrected chi connectivity index (χ4v) is 0.352. The molecule has 0 heterocycles. The molecular formula is C5H10O3Rf. The summed E-state index contributed by atoms with van der Waals surface area (Å²) in [7, 11) is 0. The predicted molar refractivity (Wildman–Crippen MR) is 28.1 cm³/mol. The third-order valence-electron chi connectivity index (χ3n) is 0.393. The quantitative estimate of drug-likeness (QED) is 0.521. The predicted octanol–water partition coefficient (Wildman–Crippen LogP) is 0.278. The molecule has 0 atom stereocenters. The van der Waals surface area contributed by atoms with Gasteiger partial charge < -0.3 is 9.84 Å². The van der Waals surface area contributed by atoms with Crippen LogP contribution in [0, 0.1) is 0 Å². The van der Waals surface area contributed by atoms with Crippen molar-refractivity contribution in [3.8, 4) is 0 Å². The van der Waals surface area contributed by atoms with Crippen LogP contribution < -0.4 is 0 Å². The molecular weight excluding hydrogens is 375 g/mol. The van der Waals surface area contributed by atoms with E-state index < -0.39 is 11.8 Å². The molecule has 1 N–H and O–H groups in total. The first-order chi connectivity index (χ1) is 3.42. The van der Waals surface area contributed by atoms with Crippen molar-refractivity contribution in [3.63, 3.8) is 0 Å². The van der Waals surface area contributed by atoms with Gasteiger partial charge in [0.2, 0.25) is 5.79 Å². The second kappa shape index (κ2) is 2.67. The van der Waals surface area contributed by atoms with Gasteiger partial charge in [0.05, 0.1) is 0 Å². The zero-order valence-corrected chi connectivity index (χ0v) is 12.4. The van der Waals surface area contributed by atoms with Gasteiger partial charge in [0.15, 0.2) is 0 Å². The first kappa shape index (κ1) is 10.4. The standard InChI is InChI=1S/C5H10O3.Rf/c1-4(6)8-5(2,3)7;/h7H,1-3H3;. The van der Waals surface area contributed by atoms with E-state index in [9.17, 15) is 4.79 Å². The summed E-state index contributed by atoms with van der Waals surface area (Å²) >= 11 is 0. The Bertz CT molecular complexity index is 94.9. The molecule has 0 amide bonds. The summed E-state index contributed by atoms with van der Waals surface area (Å²) in [6.07, 6.45) is 0. The number of aliphatic hydroxyl groups is 1. The van der Waals surface area contributed by atoms with E-state index in [0.717, 1.165) is 0 Å². The summed E-state index contributed by atoms with van der Waals surface area (Å²) < 4.78 is 4.35. The fourth-order valence-electron chi connectivity index (χ4n) is 0.352. The summed E-state index contributed by atoms with van der Waals surface area (Å²) in [5, 5.41) is 8.75. The SMILES string of the molecule is CC(=O)OC(C)(C)O.[Rf]. The third kappa shape index (κ3) is 10.7. The molecule has 0 saturated heterocycles. The maximum atomic E-state index is 10.1. The molecule has 0 spiro atoms. The van der Waals surface area contributed by atoms with Crippen LogP contribution in [0.25, 0.3) is 0 Å². The smallest absolute Gasteiger partial charge is 0.305 e. The normalized spacial score (nSPS) is 9.78. The number of esters is 1. The van der Waals surface area contributed by atoms with Crippen LogP contribution in [0.5, 0.6) is 0 Å². The number of ether oxygens (including phenoxy) is 1. The van der Waals surface area contributed by atoms with Crippen LogP contribution in [-0.4, -0.2) is 16.9 Å². The van der Waals surface area contributed by atoms with Crippen molar-refractivity contribution in [1.82, 2.24) is 0 Å². The molecule has 0 saturated carbocycles. The average Bonchev–Trinajstić information content (AvgIpc) is 1.21. The average molecular weight is 385 g/mol. The number of hydrogen-bond donors (Lipinski definition) is 1. The van der Waals surface area contributed by atoms with Crippen LogP contribution in [-0.2, 0) is 9.53 Å². The summed E-state index contributed by atoms with van der Waals surface area (Å²) in [5.41, 5.74) is 0. The van der Waals surface area contributed by atoms with Crippen molar-refractivity contribution >= 4 is 5.97 Å². The van der Waals surface area contributed by atoms with Gasteiger partial charge in [-0.15, -0.1) is 0 Å². The molecule has 0 aromatic carbocycles. The zero-order valence-electron chi connectivity index (χ0n) is 5.97. The van der Waals surface area contributed by atoms with Crippen LogP contribution in [0.15, 0.2) is 0 Å². The molecule has 3 nitrogen and oxygen atoms in total. The van der Waals surface area contributed by atoms with E-state index in [1.165, 1.54) is 20.8 Å². The van der Waals surface area contributed by atoms with E-state index >= 15 is 0 Å². The monoisotopic (exact) mass is 385 g/mol. The van der Waals surface area contributed by atoms with E-state index in [1.807, 2.05) is 0 Å². The molecule has 0 bridgehead atoms. The van der Waals surface area contributed by atoms with Gasteiger partial charge >= 0.3 is 5.97 Å². The minimum absolute atomic E-state index is 0. The molecule has 0 aromatic heterocycles. The van der Waals surface area contributed by atoms with E-state index in [-0.39, 0.29) is 0 Å². The van der Waals surface area contributed by atoms with Gasteiger partial charge in [0.1, 0.15) is 0 Å². The number of rotatable bonds is 1. The Hall–Kier alpha value is -1.57. The summed E-state index contributed by atoms with van der Waals surface area (Å²) in [6.45, 7) is 4.04. The topological polar surface area (TPSA) is 46.5 Å². The van der Waals surface area contributed by atoms with Crippen LogP contribution in [0.3, 0.4) is 0 Å². The number of carbonyl (C=O) groups is 1. The summed E-state index contributed by atoms with van der Waals surface area (Å²) in [5.74, 6) is -1.80. The van der Waals surface area contributed by atoms with Crippen molar-refractivity contribution in [2.24, 2.45) is 0 Å². The molecule has 0 aromatic rings. The molecule has 50 valence electrons. The van der Waals surface area contributed by atoms with Gasteiger partial charge in [-0.3, -0.25) is 4.79 Å². The van der Waals surface area contributed by atoms with E-state index in [1.54, 1.807) is 0 Å². The van der Waals surface area contributed by atoms with E-state index in [4.69, 9.17) is 5.11 Å². The number of carbonyl (C=O) groups excluding carboxylic acids is 1. The van der Waals surface area contributed by atoms with Crippen molar-refractivity contribution in [2.75, 3.05) is 0 Å². The van der Waals surface area contributed by atoms with Crippen LogP contribution in [0.1, 0.15) is 20.8 Å². The number of hydrogen-bond acceptors (Lipinski definition) is 3. The Labute approximate surface area is 48.3 Å². The summed E-state index contributed by atoms with van der Waals surface area (Å²) in [4.78, 5) is 10.1. The van der Waals surface area contributed by atoms with Crippen LogP contribution >= 0.6 is 0 Å². The molecule has 0 fully saturated rings.